The molecule has 0 bridgehead atoms. The van der Waals surface area contributed by atoms with Crippen molar-refractivity contribution in [2.24, 2.45) is 0 Å². The van der Waals surface area contributed by atoms with Gasteiger partial charge in [-0.25, -0.2) is 4.98 Å². The number of aromatic nitrogens is 3. The Kier molecular flexibility index (Phi) is 5.42. The van der Waals surface area contributed by atoms with Gasteiger partial charge >= 0.3 is 0 Å². The monoisotopic (exact) mass is 571 g/mol. The predicted molar refractivity (Wildman–Crippen MR) is 115 cm³/mol. The minimum absolute atomic E-state index is 0. The minimum atomic E-state index is 0. The van der Waals surface area contributed by atoms with Gasteiger partial charge in [0.15, 0.2) is 5.89 Å². The molecule has 0 aliphatic rings. The Morgan fingerprint density at radius 1 is 0.933 bits per heavy atom. The second-order valence-electron chi connectivity index (χ2n) is 7.25. The third kappa shape index (κ3) is 3.40. The van der Waals surface area contributed by atoms with Gasteiger partial charge < -0.3 is 8.98 Å². The van der Waals surface area contributed by atoms with Gasteiger partial charge in [0.2, 0.25) is 0 Å². The molecule has 0 aliphatic carbocycles. The molecular formula is C25H20IrN3O-. The maximum Gasteiger partial charge on any atom is 0.180 e. The number of hydrogen-bond donors (Lipinski definition) is 0. The number of imidazole rings is 1. The summed E-state index contributed by atoms with van der Waals surface area (Å²) < 4.78 is 7.97. The molecule has 0 spiro atoms. The molecule has 2 heterocycles. The van der Waals surface area contributed by atoms with E-state index in [2.05, 4.69) is 70.8 Å². The van der Waals surface area contributed by atoms with Crippen LogP contribution >= 0.6 is 0 Å². The zero-order valence-corrected chi connectivity index (χ0v) is 19.3. The molecule has 0 saturated heterocycles. The Morgan fingerprint density at radius 2 is 1.67 bits per heavy atom. The molecule has 0 saturated carbocycles. The number of benzene rings is 3. The van der Waals surface area contributed by atoms with E-state index in [1.54, 1.807) is 0 Å². The number of hydrogen-bond acceptors (Lipinski definition) is 3. The van der Waals surface area contributed by atoms with E-state index in [1.165, 1.54) is 22.3 Å². The number of oxazole rings is 1. The first-order valence-corrected chi connectivity index (χ1v) is 9.60. The Labute approximate surface area is 189 Å². The van der Waals surface area contributed by atoms with Gasteiger partial charge in [-0.1, -0.05) is 35.9 Å². The second kappa shape index (κ2) is 8.02. The molecular weight excluding hydrogens is 551 g/mol. The van der Waals surface area contributed by atoms with Crippen molar-refractivity contribution in [1.82, 2.24) is 14.5 Å². The van der Waals surface area contributed by atoms with Gasteiger partial charge in [0.25, 0.3) is 0 Å². The zero-order valence-electron chi connectivity index (χ0n) is 16.9. The van der Waals surface area contributed by atoms with E-state index in [-0.39, 0.29) is 20.1 Å². The summed E-state index contributed by atoms with van der Waals surface area (Å²) in [5, 5.41) is 0. The molecule has 0 unspecified atom stereocenters. The van der Waals surface area contributed by atoms with Crippen molar-refractivity contribution in [1.29, 1.82) is 0 Å². The minimum Gasteiger partial charge on any atom is -0.488 e. The van der Waals surface area contributed by atoms with Crippen LogP contribution in [0.15, 0.2) is 71.4 Å². The molecule has 0 fully saturated rings. The van der Waals surface area contributed by atoms with E-state index in [4.69, 9.17) is 4.42 Å². The Bertz CT molecular complexity index is 1310. The molecule has 5 aromatic rings. The third-order valence-corrected chi connectivity index (χ3v) is 5.16. The Hall–Kier alpha value is -3.01. The fourth-order valence-corrected chi connectivity index (χ4v) is 3.97. The molecule has 0 atom stereocenters. The summed E-state index contributed by atoms with van der Waals surface area (Å²) >= 11 is 0. The van der Waals surface area contributed by atoms with Crippen LogP contribution in [0.2, 0.25) is 0 Å². The van der Waals surface area contributed by atoms with Crippen LogP contribution < -0.4 is 0 Å². The fourth-order valence-electron chi connectivity index (χ4n) is 3.97. The van der Waals surface area contributed by atoms with Gasteiger partial charge in [-0.15, -0.1) is 18.2 Å². The van der Waals surface area contributed by atoms with E-state index >= 15 is 0 Å². The van der Waals surface area contributed by atoms with E-state index < -0.39 is 0 Å². The zero-order chi connectivity index (χ0) is 20.0. The summed E-state index contributed by atoms with van der Waals surface area (Å²) in [7, 11) is 0. The average molecular weight is 571 g/mol. The second-order valence-corrected chi connectivity index (χ2v) is 7.25. The van der Waals surface area contributed by atoms with Crippen molar-refractivity contribution in [2.75, 3.05) is 0 Å². The molecule has 0 amide bonds. The molecule has 4 nitrogen and oxygen atoms in total. The Balaban J connectivity index is 0.00000218. The summed E-state index contributed by atoms with van der Waals surface area (Å²) in [5.74, 6) is 1.43. The topological polar surface area (TPSA) is 43.9 Å². The van der Waals surface area contributed by atoms with Crippen LogP contribution in [0.25, 0.3) is 39.3 Å². The van der Waals surface area contributed by atoms with Crippen LogP contribution in [-0.2, 0) is 20.1 Å². The molecule has 0 aliphatic heterocycles. The van der Waals surface area contributed by atoms with Gasteiger partial charge in [0, 0.05) is 50.6 Å². The molecule has 30 heavy (non-hydrogen) atoms. The smallest absolute Gasteiger partial charge is 0.180 e. The summed E-state index contributed by atoms with van der Waals surface area (Å²) in [4.78, 5) is 9.07. The SMILES string of the molecule is Cc1nc2cc[c-]c(-c3nccn3-c3c(C)cc(-c4ccccc4)cc3C)c2o1.[Ir]. The Morgan fingerprint density at radius 3 is 2.40 bits per heavy atom. The first kappa shape index (κ1) is 20.3. The third-order valence-electron chi connectivity index (χ3n) is 5.16. The van der Waals surface area contributed by atoms with Crippen molar-refractivity contribution in [3.8, 4) is 28.2 Å². The number of fused-ring (bicyclic) bond motifs is 1. The largest absolute Gasteiger partial charge is 0.488 e. The van der Waals surface area contributed by atoms with Crippen molar-refractivity contribution in [3.63, 3.8) is 0 Å². The summed E-state index contributed by atoms with van der Waals surface area (Å²) in [6, 6.07) is 22.0. The first-order valence-electron chi connectivity index (χ1n) is 9.60. The molecule has 5 rings (SSSR count). The van der Waals surface area contributed by atoms with Crippen LogP contribution in [0.3, 0.4) is 0 Å². The predicted octanol–water partition coefficient (Wildman–Crippen LogP) is 6.07. The van der Waals surface area contributed by atoms with Crippen molar-refractivity contribution >= 4 is 11.1 Å². The van der Waals surface area contributed by atoms with Crippen molar-refractivity contribution in [2.45, 2.75) is 20.8 Å². The molecule has 151 valence electrons. The number of rotatable bonds is 3. The molecule has 2 aromatic heterocycles. The van der Waals surface area contributed by atoms with Gasteiger partial charge in [-0.3, -0.25) is 4.98 Å². The maximum absolute atomic E-state index is 5.86. The molecule has 3 aromatic carbocycles. The summed E-state index contributed by atoms with van der Waals surface area (Å²) in [5.41, 5.74) is 8.27. The first-order chi connectivity index (χ1) is 14.1. The molecule has 0 N–H and O–H groups in total. The van der Waals surface area contributed by atoms with Gasteiger partial charge in [-0.05, 0) is 48.2 Å². The standard InChI is InChI=1S/C25H20N3O.Ir/c1-16-14-20(19-8-5-4-6-9-19)15-17(2)23(16)28-13-12-26-25(28)21-10-7-11-22-24(21)29-18(3)27-22;/h4-9,11-15H,1-3H3;/q-1;. The average Bonchev–Trinajstić information content (AvgIpc) is 3.33. The normalized spacial score (nSPS) is 10.9. The maximum atomic E-state index is 5.86. The van der Waals surface area contributed by atoms with E-state index in [1.807, 2.05) is 37.5 Å². The van der Waals surface area contributed by atoms with Gasteiger partial charge in [0.05, 0.1) is 11.4 Å². The van der Waals surface area contributed by atoms with Crippen molar-refractivity contribution < 1.29 is 24.5 Å². The number of nitrogens with zero attached hydrogens (tertiary/aromatic N) is 3. The quantitative estimate of drug-likeness (QED) is 0.248. The molecule has 1 radical (unpaired) electrons. The van der Waals surface area contributed by atoms with E-state index in [9.17, 15) is 0 Å². The van der Waals surface area contributed by atoms with Crippen molar-refractivity contribution in [3.05, 3.63) is 90.1 Å². The number of aryl methyl sites for hydroxylation is 3. The van der Waals surface area contributed by atoms with Crippen LogP contribution in [0, 0.1) is 26.8 Å². The van der Waals surface area contributed by atoms with Gasteiger partial charge in [-0.2, -0.15) is 0 Å². The van der Waals surface area contributed by atoms with E-state index in [0.717, 1.165) is 22.6 Å². The van der Waals surface area contributed by atoms with Gasteiger partial charge in [0.1, 0.15) is 0 Å². The summed E-state index contributed by atoms with van der Waals surface area (Å²) in [6.45, 7) is 6.13. The fraction of sp³-hybridized carbons (Fsp3) is 0.120. The molecule has 5 heteroatoms. The van der Waals surface area contributed by atoms with Crippen LogP contribution in [0.1, 0.15) is 17.0 Å². The van der Waals surface area contributed by atoms with Crippen LogP contribution in [0.4, 0.5) is 0 Å². The van der Waals surface area contributed by atoms with E-state index in [0.29, 0.717) is 11.5 Å². The van der Waals surface area contributed by atoms with Crippen LogP contribution in [0.5, 0.6) is 0 Å². The van der Waals surface area contributed by atoms with Crippen LogP contribution in [-0.4, -0.2) is 14.5 Å². The summed E-state index contributed by atoms with van der Waals surface area (Å²) in [6.07, 6.45) is 3.80.